The summed E-state index contributed by atoms with van der Waals surface area (Å²) in [6.07, 6.45) is 2.42. The molecule has 0 unspecified atom stereocenters. The Morgan fingerprint density at radius 1 is 1.43 bits per heavy atom. The Kier molecular flexibility index (Phi) is 2.94. The van der Waals surface area contributed by atoms with Crippen molar-refractivity contribution in [2.75, 3.05) is 18.8 Å². The number of nitrogen functional groups attached to an aromatic ring is 1. The van der Waals surface area contributed by atoms with Gasteiger partial charge in [0.1, 0.15) is 0 Å². The molecule has 1 heterocycles. The van der Waals surface area contributed by atoms with Crippen LogP contribution in [0, 0.1) is 0 Å². The number of hydrogen-bond acceptors (Lipinski definition) is 2. The molecule has 0 spiro atoms. The zero-order valence-corrected chi connectivity index (χ0v) is 8.85. The maximum absolute atomic E-state index is 5.96. The molecule has 1 aromatic carbocycles. The van der Waals surface area contributed by atoms with E-state index < -0.39 is 0 Å². The van der Waals surface area contributed by atoms with Crippen molar-refractivity contribution < 1.29 is 0 Å². The minimum absolute atomic E-state index is 0.530. The molecule has 0 aromatic heterocycles. The van der Waals surface area contributed by atoms with Crippen molar-refractivity contribution in [2.45, 2.75) is 18.8 Å². The van der Waals surface area contributed by atoms with Gasteiger partial charge in [0.15, 0.2) is 0 Å². The summed E-state index contributed by atoms with van der Waals surface area (Å²) in [7, 11) is 0. The number of hydrogen-bond donors (Lipinski definition) is 2. The van der Waals surface area contributed by atoms with Crippen LogP contribution in [0.3, 0.4) is 0 Å². The Labute approximate surface area is 89.4 Å². The molecule has 0 bridgehead atoms. The highest BCUT2D eigenvalue weighted by molar-refractivity contribution is 6.30. The van der Waals surface area contributed by atoms with Gasteiger partial charge in [0.05, 0.1) is 0 Å². The lowest BCUT2D eigenvalue weighted by molar-refractivity contribution is 0.462. The van der Waals surface area contributed by atoms with Crippen molar-refractivity contribution in [3.63, 3.8) is 0 Å². The molecule has 2 nitrogen and oxygen atoms in total. The highest BCUT2D eigenvalue weighted by atomic mass is 35.5. The van der Waals surface area contributed by atoms with Gasteiger partial charge >= 0.3 is 0 Å². The fourth-order valence-corrected chi connectivity index (χ4v) is 2.20. The lowest BCUT2D eigenvalue weighted by atomic mass is 9.90. The second kappa shape index (κ2) is 4.20. The second-order valence-corrected chi connectivity index (χ2v) is 4.25. The van der Waals surface area contributed by atoms with Crippen molar-refractivity contribution >= 4 is 17.3 Å². The van der Waals surface area contributed by atoms with E-state index in [9.17, 15) is 0 Å². The summed E-state index contributed by atoms with van der Waals surface area (Å²) in [6.45, 7) is 2.14. The van der Waals surface area contributed by atoms with Crippen LogP contribution in [0.2, 0.25) is 5.02 Å². The number of nitrogens with one attached hydrogen (secondary N) is 1. The van der Waals surface area contributed by atoms with Gasteiger partial charge in [-0.05, 0) is 49.1 Å². The summed E-state index contributed by atoms with van der Waals surface area (Å²) in [5.74, 6) is 0.530. The minimum Gasteiger partial charge on any atom is -0.398 e. The summed E-state index contributed by atoms with van der Waals surface area (Å²) in [5.41, 5.74) is 8.00. The predicted molar refractivity (Wildman–Crippen MR) is 60.7 cm³/mol. The molecular formula is C11H15ClN2. The molecule has 0 amide bonds. The summed E-state index contributed by atoms with van der Waals surface area (Å²) >= 11 is 5.96. The quantitative estimate of drug-likeness (QED) is 0.699. The molecule has 1 saturated heterocycles. The van der Waals surface area contributed by atoms with E-state index in [1.165, 1.54) is 18.4 Å². The van der Waals surface area contributed by atoms with Crippen LogP contribution in [0.15, 0.2) is 18.2 Å². The van der Waals surface area contributed by atoms with Crippen LogP contribution < -0.4 is 11.1 Å². The number of halogens is 1. The number of nitrogens with two attached hydrogens (primary N) is 1. The SMILES string of the molecule is Nc1ccc(Cl)cc1[C@@H]1CCCNC1. The van der Waals surface area contributed by atoms with E-state index in [-0.39, 0.29) is 0 Å². The summed E-state index contributed by atoms with van der Waals surface area (Å²) in [4.78, 5) is 0. The van der Waals surface area contributed by atoms with Gasteiger partial charge in [0, 0.05) is 17.3 Å². The fraction of sp³-hybridized carbons (Fsp3) is 0.455. The third kappa shape index (κ3) is 2.02. The van der Waals surface area contributed by atoms with Gasteiger partial charge in [0.2, 0.25) is 0 Å². The van der Waals surface area contributed by atoms with E-state index >= 15 is 0 Å². The summed E-state index contributed by atoms with van der Waals surface area (Å²) in [6, 6.07) is 5.73. The van der Waals surface area contributed by atoms with Crippen LogP contribution in [0.4, 0.5) is 5.69 Å². The molecule has 1 aromatic rings. The molecule has 0 saturated carbocycles. The molecule has 1 fully saturated rings. The lowest BCUT2D eigenvalue weighted by Gasteiger charge is -2.24. The third-order valence-corrected chi connectivity index (χ3v) is 3.02. The third-order valence-electron chi connectivity index (χ3n) is 2.79. The highest BCUT2D eigenvalue weighted by Gasteiger charge is 2.17. The van der Waals surface area contributed by atoms with Gasteiger partial charge in [-0.15, -0.1) is 0 Å². The minimum atomic E-state index is 0.530. The number of benzene rings is 1. The van der Waals surface area contributed by atoms with Crippen LogP contribution >= 0.6 is 11.6 Å². The van der Waals surface area contributed by atoms with E-state index in [0.29, 0.717) is 5.92 Å². The van der Waals surface area contributed by atoms with Gasteiger partial charge in [-0.1, -0.05) is 11.6 Å². The topological polar surface area (TPSA) is 38.0 Å². The first-order valence-corrected chi connectivity index (χ1v) is 5.41. The Hall–Kier alpha value is -0.730. The van der Waals surface area contributed by atoms with Crippen LogP contribution in [0.5, 0.6) is 0 Å². The molecule has 1 atom stereocenters. The van der Waals surface area contributed by atoms with Crippen molar-refractivity contribution in [1.29, 1.82) is 0 Å². The Bertz CT molecular complexity index is 319. The van der Waals surface area contributed by atoms with Gasteiger partial charge in [-0.2, -0.15) is 0 Å². The van der Waals surface area contributed by atoms with E-state index in [0.717, 1.165) is 23.8 Å². The maximum Gasteiger partial charge on any atom is 0.0410 e. The van der Waals surface area contributed by atoms with Gasteiger partial charge in [0.25, 0.3) is 0 Å². The highest BCUT2D eigenvalue weighted by Crippen LogP contribution is 2.29. The van der Waals surface area contributed by atoms with Crippen molar-refractivity contribution in [2.24, 2.45) is 0 Å². The van der Waals surface area contributed by atoms with Gasteiger partial charge in [-0.25, -0.2) is 0 Å². The fourth-order valence-electron chi connectivity index (χ4n) is 2.02. The molecule has 76 valence electrons. The van der Waals surface area contributed by atoms with Gasteiger partial charge in [-0.3, -0.25) is 0 Å². The molecule has 0 radical (unpaired) electrons. The zero-order chi connectivity index (χ0) is 9.97. The summed E-state index contributed by atoms with van der Waals surface area (Å²) in [5, 5.41) is 4.16. The zero-order valence-electron chi connectivity index (χ0n) is 8.09. The first-order valence-electron chi connectivity index (χ1n) is 5.03. The second-order valence-electron chi connectivity index (χ2n) is 3.82. The molecule has 1 aliphatic rings. The van der Waals surface area contributed by atoms with Crippen molar-refractivity contribution in [3.8, 4) is 0 Å². The van der Waals surface area contributed by atoms with Gasteiger partial charge < -0.3 is 11.1 Å². The molecule has 3 heteroatoms. The average Bonchev–Trinajstić information content (AvgIpc) is 2.23. The molecule has 1 aliphatic heterocycles. The van der Waals surface area contributed by atoms with E-state index in [2.05, 4.69) is 5.32 Å². The summed E-state index contributed by atoms with van der Waals surface area (Å²) < 4.78 is 0. The van der Waals surface area contributed by atoms with Crippen molar-refractivity contribution in [1.82, 2.24) is 5.32 Å². The van der Waals surface area contributed by atoms with E-state index in [1.807, 2.05) is 18.2 Å². The average molecular weight is 211 g/mol. The Morgan fingerprint density at radius 3 is 3.00 bits per heavy atom. The smallest absolute Gasteiger partial charge is 0.0410 e. The maximum atomic E-state index is 5.96. The Balaban J connectivity index is 2.24. The Morgan fingerprint density at radius 2 is 2.29 bits per heavy atom. The number of anilines is 1. The van der Waals surface area contributed by atoms with Crippen LogP contribution in [0.25, 0.3) is 0 Å². The number of rotatable bonds is 1. The first-order chi connectivity index (χ1) is 6.77. The number of piperidine rings is 1. The molecule has 0 aliphatic carbocycles. The molecule has 3 N–H and O–H groups in total. The van der Waals surface area contributed by atoms with E-state index in [4.69, 9.17) is 17.3 Å². The molecular weight excluding hydrogens is 196 g/mol. The van der Waals surface area contributed by atoms with Crippen LogP contribution in [-0.4, -0.2) is 13.1 Å². The first kappa shape index (κ1) is 9.81. The largest absolute Gasteiger partial charge is 0.398 e. The van der Waals surface area contributed by atoms with Crippen molar-refractivity contribution in [3.05, 3.63) is 28.8 Å². The standard InChI is InChI=1S/C11H15ClN2/c12-9-3-4-11(13)10(6-9)8-2-1-5-14-7-8/h3-4,6,8,14H,1-2,5,7,13H2/t8-/m1/s1. The van der Waals surface area contributed by atoms with Crippen LogP contribution in [0.1, 0.15) is 24.3 Å². The lowest BCUT2D eigenvalue weighted by Crippen LogP contribution is -2.28. The monoisotopic (exact) mass is 210 g/mol. The van der Waals surface area contributed by atoms with E-state index in [1.54, 1.807) is 0 Å². The van der Waals surface area contributed by atoms with Crippen LogP contribution in [-0.2, 0) is 0 Å². The predicted octanol–water partition coefficient (Wildman–Crippen LogP) is 2.39. The normalized spacial score (nSPS) is 22.2. The molecule has 14 heavy (non-hydrogen) atoms. The molecule has 2 rings (SSSR count).